The molecule has 0 unspecified atom stereocenters. The van der Waals surface area contributed by atoms with E-state index in [9.17, 15) is 0 Å². The summed E-state index contributed by atoms with van der Waals surface area (Å²) in [6.07, 6.45) is 0. The van der Waals surface area contributed by atoms with Gasteiger partial charge in [-0.05, 0) is 82.6 Å². The molecule has 0 fully saturated rings. The van der Waals surface area contributed by atoms with Crippen LogP contribution in [0.3, 0.4) is 0 Å². The highest BCUT2D eigenvalue weighted by Gasteiger charge is 2.24. The van der Waals surface area contributed by atoms with E-state index in [1.807, 2.05) is 18.2 Å². The standard InChI is InChI=1S/C61H37N5O/c1-3-16-38(17-4-1)39-30-32-40(33-31-39)59-62-60(64-61(63-59)49-26-15-25-47-45-22-9-12-27-51(45)65(58(47)49)44-20-5-2-6-21-44)43-36-54(57-48-24-11-14-29-55(48)67-56(57)37-43)66-52-28-13-10-23-46(52)50-34-41-18-7-8-19-42(41)35-53(50)66/h1-37H. The third-order valence-electron chi connectivity index (χ3n) is 13.3. The molecule has 4 heterocycles. The fourth-order valence-electron chi connectivity index (χ4n) is 10.3. The van der Waals surface area contributed by atoms with Gasteiger partial charge in [0.1, 0.15) is 11.2 Å². The molecule has 0 saturated heterocycles. The van der Waals surface area contributed by atoms with E-state index in [1.54, 1.807) is 0 Å². The second kappa shape index (κ2) is 14.7. The van der Waals surface area contributed by atoms with Crippen LogP contribution < -0.4 is 0 Å². The molecule has 0 saturated carbocycles. The van der Waals surface area contributed by atoms with Crippen molar-refractivity contribution in [3.8, 4) is 56.7 Å². The molecule has 6 heteroatoms. The van der Waals surface area contributed by atoms with Crippen LogP contribution in [0.5, 0.6) is 0 Å². The van der Waals surface area contributed by atoms with Crippen molar-refractivity contribution in [3.63, 3.8) is 0 Å². The minimum absolute atomic E-state index is 0.543. The third kappa shape index (κ3) is 5.86. The lowest BCUT2D eigenvalue weighted by molar-refractivity contribution is 0.669. The van der Waals surface area contributed by atoms with E-state index >= 15 is 0 Å². The zero-order chi connectivity index (χ0) is 44.0. The molecule has 0 bridgehead atoms. The SMILES string of the molecule is c1ccc(-c2ccc(-c3nc(-c4cc(-n5c6ccccc6c6cc7ccccc7cc65)c5c(c4)oc4ccccc45)nc(-c4cccc5c6ccccc6n(-c6ccccc6)c45)n3)cc2)cc1. The van der Waals surface area contributed by atoms with Gasteiger partial charge < -0.3 is 13.6 Å². The molecule has 0 amide bonds. The molecule has 0 aliphatic heterocycles. The smallest absolute Gasteiger partial charge is 0.166 e. The number of furan rings is 1. The Bertz CT molecular complexity index is 4260. The van der Waals surface area contributed by atoms with Crippen LogP contribution in [0.1, 0.15) is 0 Å². The number of hydrogen-bond acceptors (Lipinski definition) is 4. The van der Waals surface area contributed by atoms with Gasteiger partial charge in [-0.1, -0.05) is 164 Å². The largest absolute Gasteiger partial charge is 0.456 e. The second-order valence-electron chi connectivity index (χ2n) is 17.2. The Morgan fingerprint density at radius 2 is 0.896 bits per heavy atom. The van der Waals surface area contributed by atoms with Gasteiger partial charge in [0.2, 0.25) is 0 Å². The number of hydrogen-bond donors (Lipinski definition) is 0. The van der Waals surface area contributed by atoms with E-state index in [2.05, 4.69) is 215 Å². The minimum atomic E-state index is 0.543. The highest BCUT2D eigenvalue weighted by Crippen LogP contribution is 2.43. The first-order chi connectivity index (χ1) is 33.2. The van der Waals surface area contributed by atoms with Crippen LogP contribution in [0, 0.1) is 0 Å². The summed E-state index contributed by atoms with van der Waals surface area (Å²) >= 11 is 0. The van der Waals surface area contributed by atoms with Crippen molar-refractivity contribution in [2.75, 3.05) is 0 Å². The van der Waals surface area contributed by atoms with Crippen LogP contribution in [0.2, 0.25) is 0 Å². The molecule has 0 N–H and O–H groups in total. The van der Waals surface area contributed by atoms with Gasteiger partial charge in [-0.3, -0.25) is 0 Å². The summed E-state index contributed by atoms with van der Waals surface area (Å²) in [5.41, 5.74) is 12.9. The molecule has 10 aromatic carbocycles. The average Bonchev–Trinajstić information content (AvgIpc) is 4.06. The van der Waals surface area contributed by atoms with Crippen molar-refractivity contribution in [2.45, 2.75) is 0 Å². The number of nitrogens with zero attached hydrogens (tertiary/aromatic N) is 5. The maximum Gasteiger partial charge on any atom is 0.166 e. The Balaban J connectivity index is 1.07. The molecule has 14 rings (SSSR count). The van der Waals surface area contributed by atoms with E-state index in [0.29, 0.717) is 17.5 Å². The van der Waals surface area contributed by atoms with Gasteiger partial charge in [0.05, 0.1) is 33.1 Å². The van der Waals surface area contributed by atoms with Gasteiger partial charge in [-0.2, -0.15) is 0 Å². The van der Waals surface area contributed by atoms with Crippen LogP contribution in [0.25, 0.3) is 133 Å². The van der Waals surface area contributed by atoms with Crippen LogP contribution in [-0.2, 0) is 0 Å². The van der Waals surface area contributed by atoms with E-state index in [1.165, 1.54) is 21.5 Å². The second-order valence-corrected chi connectivity index (χ2v) is 17.2. The molecular weight excluding hydrogens is 819 g/mol. The summed E-state index contributed by atoms with van der Waals surface area (Å²) in [6, 6.07) is 79.1. The molecule has 0 atom stereocenters. The first kappa shape index (κ1) is 37.3. The lowest BCUT2D eigenvalue weighted by Gasteiger charge is -2.14. The van der Waals surface area contributed by atoms with Crippen molar-refractivity contribution in [1.29, 1.82) is 0 Å². The lowest BCUT2D eigenvalue weighted by Crippen LogP contribution is -2.03. The summed E-state index contributed by atoms with van der Waals surface area (Å²) in [6.45, 7) is 0. The lowest BCUT2D eigenvalue weighted by atomic mass is 10.0. The highest BCUT2D eigenvalue weighted by molar-refractivity contribution is 6.17. The molecule has 6 nitrogen and oxygen atoms in total. The molecule has 0 radical (unpaired) electrons. The van der Waals surface area contributed by atoms with Gasteiger partial charge in [0.15, 0.2) is 17.5 Å². The zero-order valence-corrected chi connectivity index (χ0v) is 36.0. The maximum atomic E-state index is 6.80. The minimum Gasteiger partial charge on any atom is -0.456 e. The summed E-state index contributed by atoms with van der Waals surface area (Å²) in [4.78, 5) is 16.2. The molecule has 4 aromatic heterocycles. The molecule has 0 aliphatic rings. The van der Waals surface area contributed by atoms with Crippen molar-refractivity contribution in [2.24, 2.45) is 0 Å². The number of fused-ring (bicyclic) bond motifs is 10. The van der Waals surface area contributed by atoms with E-state index in [0.717, 1.165) is 94.0 Å². The number of aromatic nitrogens is 5. The van der Waals surface area contributed by atoms with Gasteiger partial charge in [0, 0.05) is 49.3 Å². The van der Waals surface area contributed by atoms with Crippen LogP contribution >= 0.6 is 0 Å². The monoisotopic (exact) mass is 855 g/mol. The predicted molar refractivity (Wildman–Crippen MR) is 275 cm³/mol. The van der Waals surface area contributed by atoms with Crippen LogP contribution in [-0.4, -0.2) is 24.1 Å². The quantitative estimate of drug-likeness (QED) is 0.167. The number of benzene rings is 10. The number of rotatable bonds is 6. The highest BCUT2D eigenvalue weighted by atomic mass is 16.3. The first-order valence-corrected chi connectivity index (χ1v) is 22.6. The average molecular weight is 856 g/mol. The normalized spacial score (nSPS) is 11.9. The molecule has 312 valence electrons. The molecule has 0 aliphatic carbocycles. The van der Waals surface area contributed by atoms with E-state index < -0.39 is 0 Å². The van der Waals surface area contributed by atoms with Crippen molar-refractivity contribution < 1.29 is 4.42 Å². The third-order valence-corrected chi connectivity index (χ3v) is 13.3. The predicted octanol–water partition coefficient (Wildman–Crippen LogP) is 15.8. The van der Waals surface area contributed by atoms with Gasteiger partial charge in [0.25, 0.3) is 0 Å². The summed E-state index contributed by atoms with van der Waals surface area (Å²) < 4.78 is 11.5. The Labute approximate surface area is 384 Å². The maximum absolute atomic E-state index is 6.80. The first-order valence-electron chi connectivity index (χ1n) is 22.6. The van der Waals surface area contributed by atoms with Crippen molar-refractivity contribution in [3.05, 3.63) is 224 Å². The molecule has 14 aromatic rings. The number of para-hydroxylation sites is 5. The summed E-state index contributed by atoms with van der Waals surface area (Å²) in [5, 5.41) is 9.10. The van der Waals surface area contributed by atoms with Gasteiger partial charge >= 0.3 is 0 Å². The molecular formula is C61H37N5O. The molecule has 0 spiro atoms. The Morgan fingerprint density at radius 1 is 0.328 bits per heavy atom. The zero-order valence-electron chi connectivity index (χ0n) is 36.0. The van der Waals surface area contributed by atoms with E-state index in [-0.39, 0.29) is 0 Å². The molecule has 67 heavy (non-hydrogen) atoms. The Morgan fingerprint density at radius 3 is 1.67 bits per heavy atom. The Kier molecular flexibility index (Phi) is 8.18. The fraction of sp³-hybridized carbons (Fsp3) is 0. The van der Waals surface area contributed by atoms with Gasteiger partial charge in [-0.15, -0.1) is 0 Å². The van der Waals surface area contributed by atoms with Crippen molar-refractivity contribution >= 4 is 76.3 Å². The summed E-state index contributed by atoms with van der Waals surface area (Å²) in [7, 11) is 0. The topological polar surface area (TPSA) is 61.7 Å². The van der Waals surface area contributed by atoms with E-state index in [4.69, 9.17) is 19.4 Å². The van der Waals surface area contributed by atoms with Crippen molar-refractivity contribution in [1.82, 2.24) is 24.1 Å². The van der Waals surface area contributed by atoms with Gasteiger partial charge in [-0.25, -0.2) is 15.0 Å². The Hall–Kier alpha value is -9.13. The summed E-state index contributed by atoms with van der Waals surface area (Å²) in [5.74, 6) is 1.70. The fourth-order valence-corrected chi connectivity index (χ4v) is 10.3. The van der Waals surface area contributed by atoms with Crippen LogP contribution in [0.4, 0.5) is 0 Å². The van der Waals surface area contributed by atoms with Crippen LogP contribution in [0.15, 0.2) is 229 Å².